The number of piperazine rings is 1. The molecule has 4 aromatic rings. The second-order valence-corrected chi connectivity index (χ2v) is 8.73. The molecular formula is C25H24ClFN6. The summed E-state index contributed by atoms with van der Waals surface area (Å²) in [4.78, 5) is 18.6. The van der Waals surface area contributed by atoms with Gasteiger partial charge in [0.15, 0.2) is 5.82 Å². The molecule has 168 valence electrons. The van der Waals surface area contributed by atoms with Crippen molar-refractivity contribution in [2.24, 2.45) is 0 Å². The Morgan fingerprint density at radius 1 is 1.03 bits per heavy atom. The van der Waals surface area contributed by atoms with Crippen molar-refractivity contribution < 1.29 is 4.39 Å². The van der Waals surface area contributed by atoms with Crippen LogP contribution < -0.4 is 5.32 Å². The van der Waals surface area contributed by atoms with E-state index in [1.54, 1.807) is 24.5 Å². The van der Waals surface area contributed by atoms with Crippen molar-refractivity contribution in [1.29, 1.82) is 0 Å². The van der Waals surface area contributed by atoms with E-state index in [-0.39, 0.29) is 5.02 Å². The van der Waals surface area contributed by atoms with Gasteiger partial charge >= 0.3 is 0 Å². The summed E-state index contributed by atoms with van der Waals surface area (Å²) < 4.78 is 13.6. The quantitative estimate of drug-likeness (QED) is 0.451. The molecule has 0 unspecified atom stereocenters. The predicted molar refractivity (Wildman–Crippen MR) is 130 cm³/mol. The minimum Gasteiger partial charge on any atom is -0.340 e. The van der Waals surface area contributed by atoms with Gasteiger partial charge in [0.25, 0.3) is 0 Å². The number of aromatic nitrogens is 3. The summed E-state index contributed by atoms with van der Waals surface area (Å²) in [5.74, 6) is 0.745. The van der Waals surface area contributed by atoms with Crippen LogP contribution >= 0.6 is 11.6 Å². The normalized spacial score (nSPS) is 15.1. The molecule has 3 heterocycles. The number of anilines is 2. The highest BCUT2D eigenvalue weighted by molar-refractivity contribution is 6.31. The van der Waals surface area contributed by atoms with Gasteiger partial charge in [-0.1, -0.05) is 17.7 Å². The van der Waals surface area contributed by atoms with Crippen LogP contribution in [-0.4, -0.2) is 58.0 Å². The van der Waals surface area contributed by atoms with Gasteiger partial charge in [0.2, 0.25) is 0 Å². The number of pyridine rings is 1. The van der Waals surface area contributed by atoms with Crippen LogP contribution in [-0.2, 0) is 6.54 Å². The van der Waals surface area contributed by atoms with Gasteiger partial charge in [-0.25, -0.2) is 14.4 Å². The monoisotopic (exact) mass is 462 g/mol. The molecule has 0 atom stereocenters. The van der Waals surface area contributed by atoms with Crippen LogP contribution in [0, 0.1) is 5.82 Å². The fourth-order valence-electron chi connectivity index (χ4n) is 3.97. The summed E-state index contributed by atoms with van der Waals surface area (Å²) in [6.45, 7) is 5.14. The predicted octanol–water partition coefficient (Wildman–Crippen LogP) is 4.98. The molecule has 8 heteroatoms. The third-order valence-electron chi connectivity index (χ3n) is 5.87. The summed E-state index contributed by atoms with van der Waals surface area (Å²) in [6.07, 6.45) is 3.46. The molecule has 2 aromatic heterocycles. The SMILES string of the molecule is CN1CCN(Cc2ccc3c(Nc4ccc(F)c(Cl)c4)nc(-c4cccnc4)nc3c2)CC1. The van der Waals surface area contributed by atoms with Crippen LogP contribution in [0.2, 0.25) is 5.02 Å². The van der Waals surface area contributed by atoms with E-state index in [0.717, 1.165) is 49.2 Å². The smallest absolute Gasteiger partial charge is 0.163 e. The fourth-order valence-corrected chi connectivity index (χ4v) is 4.15. The molecule has 1 aliphatic rings. The standard InChI is InChI=1S/C25H24ClFN6/c1-32-9-11-33(12-10-32)16-17-4-6-20-23(13-17)30-24(18-3-2-8-28-15-18)31-25(20)29-19-5-7-22(27)21(26)14-19/h2-8,13-15H,9-12,16H2,1H3,(H,29,30,31). The summed E-state index contributed by atoms with van der Waals surface area (Å²) in [5.41, 5.74) is 3.52. The van der Waals surface area contributed by atoms with Gasteiger partial charge in [0, 0.05) is 61.8 Å². The Kier molecular flexibility index (Phi) is 6.17. The third-order valence-corrected chi connectivity index (χ3v) is 6.16. The maximum absolute atomic E-state index is 13.6. The molecule has 0 amide bonds. The second-order valence-electron chi connectivity index (χ2n) is 8.32. The average molecular weight is 463 g/mol. The zero-order valence-corrected chi connectivity index (χ0v) is 19.1. The molecule has 0 aliphatic carbocycles. The third kappa shape index (κ3) is 4.95. The number of fused-ring (bicyclic) bond motifs is 1. The van der Waals surface area contributed by atoms with E-state index in [9.17, 15) is 4.39 Å². The molecule has 6 nitrogen and oxygen atoms in total. The van der Waals surface area contributed by atoms with Gasteiger partial charge in [-0.15, -0.1) is 0 Å². The molecular weight excluding hydrogens is 439 g/mol. The van der Waals surface area contributed by atoms with Crippen LogP contribution in [0.1, 0.15) is 5.56 Å². The van der Waals surface area contributed by atoms with Gasteiger partial charge < -0.3 is 10.2 Å². The number of likely N-dealkylation sites (N-methyl/N-ethyl adjacent to an activating group) is 1. The zero-order chi connectivity index (χ0) is 22.8. The minimum absolute atomic E-state index is 0.0558. The van der Waals surface area contributed by atoms with E-state index < -0.39 is 5.82 Å². The van der Waals surface area contributed by atoms with Gasteiger partial charge in [0.1, 0.15) is 11.6 Å². The molecule has 1 N–H and O–H groups in total. The van der Waals surface area contributed by atoms with Crippen molar-refractivity contribution in [1.82, 2.24) is 24.8 Å². The van der Waals surface area contributed by atoms with Crippen molar-refractivity contribution in [3.05, 3.63) is 77.3 Å². The Bertz CT molecular complexity index is 1270. The largest absolute Gasteiger partial charge is 0.340 e. The Hall–Kier alpha value is -3.13. The molecule has 0 spiro atoms. The van der Waals surface area contributed by atoms with Crippen molar-refractivity contribution in [2.45, 2.75) is 6.54 Å². The number of hydrogen-bond donors (Lipinski definition) is 1. The van der Waals surface area contributed by atoms with E-state index in [0.29, 0.717) is 17.3 Å². The highest BCUT2D eigenvalue weighted by Gasteiger charge is 2.16. The van der Waals surface area contributed by atoms with E-state index in [1.165, 1.54) is 11.6 Å². The highest BCUT2D eigenvalue weighted by atomic mass is 35.5. The lowest BCUT2D eigenvalue weighted by molar-refractivity contribution is 0.148. The Morgan fingerprint density at radius 2 is 1.88 bits per heavy atom. The lowest BCUT2D eigenvalue weighted by atomic mass is 10.1. The van der Waals surface area contributed by atoms with E-state index >= 15 is 0 Å². The fraction of sp³-hybridized carbons (Fsp3) is 0.240. The molecule has 1 saturated heterocycles. The number of rotatable bonds is 5. The van der Waals surface area contributed by atoms with Crippen LogP contribution in [0.4, 0.5) is 15.9 Å². The molecule has 5 rings (SSSR count). The van der Waals surface area contributed by atoms with Crippen LogP contribution in [0.5, 0.6) is 0 Å². The van der Waals surface area contributed by atoms with Crippen LogP contribution in [0.25, 0.3) is 22.3 Å². The van der Waals surface area contributed by atoms with Crippen molar-refractivity contribution in [2.75, 3.05) is 38.5 Å². The first-order valence-corrected chi connectivity index (χ1v) is 11.3. The van der Waals surface area contributed by atoms with Gasteiger partial charge in [-0.2, -0.15) is 0 Å². The molecule has 0 bridgehead atoms. The van der Waals surface area contributed by atoms with Gasteiger partial charge in [-0.05, 0) is 55.1 Å². The molecule has 33 heavy (non-hydrogen) atoms. The zero-order valence-electron chi connectivity index (χ0n) is 18.3. The number of halogens is 2. The average Bonchev–Trinajstić information content (AvgIpc) is 2.83. The Balaban J connectivity index is 1.53. The molecule has 0 saturated carbocycles. The minimum atomic E-state index is -0.459. The Labute approximate surface area is 197 Å². The first kappa shape index (κ1) is 21.7. The lowest BCUT2D eigenvalue weighted by Crippen LogP contribution is -2.43. The van der Waals surface area contributed by atoms with Gasteiger partial charge in [0.05, 0.1) is 10.5 Å². The lowest BCUT2D eigenvalue weighted by Gasteiger charge is -2.32. The number of nitrogens with zero attached hydrogens (tertiary/aromatic N) is 5. The maximum atomic E-state index is 13.6. The second kappa shape index (κ2) is 9.39. The number of benzene rings is 2. The van der Waals surface area contributed by atoms with E-state index in [2.05, 4.69) is 39.3 Å². The van der Waals surface area contributed by atoms with Crippen LogP contribution in [0.3, 0.4) is 0 Å². The first-order valence-electron chi connectivity index (χ1n) is 10.9. The van der Waals surface area contributed by atoms with Crippen molar-refractivity contribution >= 4 is 34.0 Å². The van der Waals surface area contributed by atoms with Crippen LogP contribution in [0.15, 0.2) is 60.9 Å². The first-order chi connectivity index (χ1) is 16.0. The summed E-state index contributed by atoms with van der Waals surface area (Å²) in [5, 5.41) is 4.23. The highest BCUT2D eigenvalue weighted by Crippen LogP contribution is 2.29. The Morgan fingerprint density at radius 3 is 2.64 bits per heavy atom. The molecule has 1 fully saturated rings. The van der Waals surface area contributed by atoms with E-state index in [4.69, 9.17) is 21.6 Å². The summed E-state index contributed by atoms with van der Waals surface area (Å²) in [6, 6.07) is 14.6. The summed E-state index contributed by atoms with van der Waals surface area (Å²) >= 11 is 5.98. The molecule has 1 aliphatic heterocycles. The molecule has 0 radical (unpaired) electrons. The summed E-state index contributed by atoms with van der Waals surface area (Å²) in [7, 11) is 2.16. The van der Waals surface area contributed by atoms with Crippen molar-refractivity contribution in [3.63, 3.8) is 0 Å². The van der Waals surface area contributed by atoms with E-state index in [1.807, 2.05) is 18.2 Å². The molecule has 2 aromatic carbocycles. The van der Waals surface area contributed by atoms with Gasteiger partial charge in [-0.3, -0.25) is 9.88 Å². The number of nitrogens with one attached hydrogen (secondary N) is 1. The number of hydrogen-bond acceptors (Lipinski definition) is 6. The topological polar surface area (TPSA) is 57.2 Å². The van der Waals surface area contributed by atoms with Crippen molar-refractivity contribution in [3.8, 4) is 11.4 Å². The maximum Gasteiger partial charge on any atom is 0.163 e.